The number of aromatic nitrogens is 2. The Labute approximate surface area is 122 Å². The van der Waals surface area contributed by atoms with Crippen LogP contribution in [-0.4, -0.2) is 10.1 Å². The van der Waals surface area contributed by atoms with Crippen molar-refractivity contribution in [3.05, 3.63) is 52.8 Å². The standard InChI is InChI=1S/C14H9BrFN3O/c15-9-3-1-8(2-4-9)13-18-14(20-19-13)11-6-5-10(17)7-12(11)16/h1-7H,17H2. The maximum Gasteiger partial charge on any atom is 0.261 e. The monoisotopic (exact) mass is 333 g/mol. The van der Waals surface area contributed by atoms with Gasteiger partial charge in [0, 0.05) is 15.7 Å². The topological polar surface area (TPSA) is 64.9 Å². The first-order valence-corrected chi connectivity index (χ1v) is 6.58. The molecule has 1 aromatic heterocycles. The van der Waals surface area contributed by atoms with E-state index in [1.807, 2.05) is 24.3 Å². The molecule has 1 heterocycles. The lowest BCUT2D eigenvalue weighted by molar-refractivity contribution is 0.429. The first kappa shape index (κ1) is 12.8. The Morgan fingerprint density at radius 3 is 2.55 bits per heavy atom. The highest BCUT2D eigenvalue weighted by atomic mass is 79.9. The van der Waals surface area contributed by atoms with Crippen molar-refractivity contribution in [2.45, 2.75) is 0 Å². The Bertz CT molecular complexity index is 755. The second-order valence-electron chi connectivity index (χ2n) is 4.17. The van der Waals surface area contributed by atoms with Crippen molar-refractivity contribution >= 4 is 21.6 Å². The van der Waals surface area contributed by atoms with Crippen molar-refractivity contribution in [2.75, 3.05) is 5.73 Å². The molecule has 0 amide bonds. The third-order valence-electron chi connectivity index (χ3n) is 2.75. The first-order valence-electron chi connectivity index (χ1n) is 5.78. The lowest BCUT2D eigenvalue weighted by Gasteiger charge is -1.98. The van der Waals surface area contributed by atoms with Gasteiger partial charge in [-0.2, -0.15) is 4.98 Å². The minimum Gasteiger partial charge on any atom is -0.399 e. The molecule has 20 heavy (non-hydrogen) atoms. The van der Waals surface area contributed by atoms with Gasteiger partial charge in [0.2, 0.25) is 5.82 Å². The van der Waals surface area contributed by atoms with Crippen molar-refractivity contribution < 1.29 is 8.91 Å². The molecule has 6 heteroatoms. The number of hydrogen-bond acceptors (Lipinski definition) is 4. The number of rotatable bonds is 2. The SMILES string of the molecule is Nc1ccc(-c2nc(-c3ccc(Br)cc3)no2)c(F)c1. The summed E-state index contributed by atoms with van der Waals surface area (Å²) in [5.41, 5.74) is 6.87. The van der Waals surface area contributed by atoms with Crippen LogP contribution in [0.1, 0.15) is 0 Å². The summed E-state index contributed by atoms with van der Waals surface area (Å²) in [4.78, 5) is 4.20. The smallest absolute Gasteiger partial charge is 0.261 e. The van der Waals surface area contributed by atoms with E-state index in [1.165, 1.54) is 12.1 Å². The lowest BCUT2D eigenvalue weighted by atomic mass is 10.2. The molecule has 3 aromatic rings. The predicted molar refractivity (Wildman–Crippen MR) is 77.2 cm³/mol. The van der Waals surface area contributed by atoms with Crippen LogP contribution in [-0.2, 0) is 0 Å². The van der Waals surface area contributed by atoms with Crippen LogP contribution >= 0.6 is 15.9 Å². The van der Waals surface area contributed by atoms with Crippen LogP contribution in [0.3, 0.4) is 0 Å². The third kappa shape index (κ3) is 2.42. The molecule has 0 aliphatic rings. The molecule has 0 bridgehead atoms. The predicted octanol–water partition coefficient (Wildman–Crippen LogP) is 3.89. The van der Waals surface area contributed by atoms with Crippen molar-refractivity contribution in [1.82, 2.24) is 10.1 Å². The average molecular weight is 334 g/mol. The van der Waals surface area contributed by atoms with Gasteiger partial charge in [-0.25, -0.2) is 4.39 Å². The fraction of sp³-hybridized carbons (Fsp3) is 0. The zero-order chi connectivity index (χ0) is 14.1. The second-order valence-corrected chi connectivity index (χ2v) is 5.08. The minimum atomic E-state index is -0.490. The van der Waals surface area contributed by atoms with Gasteiger partial charge in [0.05, 0.1) is 5.56 Å². The van der Waals surface area contributed by atoms with Crippen LogP contribution < -0.4 is 5.73 Å². The van der Waals surface area contributed by atoms with Gasteiger partial charge in [-0.05, 0) is 42.5 Å². The summed E-state index contributed by atoms with van der Waals surface area (Å²) >= 11 is 3.35. The van der Waals surface area contributed by atoms with Crippen LogP contribution in [0.4, 0.5) is 10.1 Å². The molecular formula is C14H9BrFN3O. The lowest BCUT2D eigenvalue weighted by Crippen LogP contribution is -1.89. The van der Waals surface area contributed by atoms with Gasteiger partial charge in [-0.15, -0.1) is 0 Å². The van der Waals surface area contributed by atoms with E-state index in [-0.39, 0.29) is 11.5 Å². The van der Waals surface area contributed by atoms with E-state index >= 15 is 0 Å². The molecule has 0 atom stereocenters. The normalized spacial score (nSPS) is 10.7. The molecule has 2 N–H and O–H groups in total. The largest absolute Gasteiger partial charge is 0.399 e. The highest BCUT2D eigenvalue weighted by Gasteiger charge is 2.14. The van der Waals surface area contributed by atoms with Crippen LogP contribution in [0.2, 0.25) is 0 Å². The Balaban J connectivity index is 1.99. The molecule has 3 rings (SSSR count). The maximum atomic E-state index is 13.8. The van der Waals surface area contributed by atoms with Gasteiger partial charge in [0.15, 0.2) is 0 Å². The number of benzene rings is 2. The van der Waals surface area contributed by atoms with Crippen molar-refractivity contribution in [3.8, 4) is 22.8 Å². The first-order chi connectivity index (χ1) is 9.63. The number of anilines is 1. The number of nitrogens with zero attached hydrogens (tertiary/aromatic N) is 2. The van der Waals surface area contributed by atoms with Gasteiger partial charge >= 0.3 is 0 Å². The number of nitrogens with two attached hydrogens (primary N) is 1. The number of halogens is 2. The molecule has 4 nitrogen and oxygen atoms in total. The molecule has 2 aromatic carbocycles. The molecule has 0 fully saturated rings. The fourth-order valence-corrected chi connectivity index (χ4v) is 2.02. The molecule has 0 spiro atoms. The van der Waals surface area contributed by atoms with Gasteiger partial charge < -0.3 is 10.3 Å². The molecule has 0 radical (unpaired) electrons. The van der Waals surface area contributed by atoms with E-state index in [1.54, 1.807) is 6.07 Å². The average Bonchev–Trinajstić information content (AvgIpc) is 2.89. The summed E-state index contributed by atoms with van der Waals surface area (Å²) in [6.45, 7) is 0. The van der Waals surface area contributed by atoms with Gasteiger partial charge in [-0.3, -0.25) is 0 Å². The Morgan fingerprint density at radius 1 is 1.10 bits per heavy atom. The van der Waals surface area contributed by atoms with E-state index in [2.05, 4.69) is 26.1 Å². The number of hydrogen-bond donors (Lipinski definition) is 1. The van der Waals surface area contributed by atoms with Crippen molar-refractivity contribution in [1.29, 1.82) is 0 Å². The Kier molecular flexibility index (Phi) is 3.23. The highest BCUT2D eigenvalue weighted by molar-refractivity contribution is 9.10. The molecule has 0 saturated carbocycles. The fourth-order valence-electron chi connectivity index (χ4n) is 1.75. The quantitative estimate of drug-likeness (QED) is 0.722. The zero-order valence-electron chi connectivity index (χ0n) is 10.2. The van der Waals surface area contributed by atoms with Crippen LogP contribution in [0.5, 0.6) is 0 Å². The Morgan fingerprint density at radius 2 is 1.85 bits per heavy atom. The van der Waals surface area contributed by atoms with E-state index in [4.69, 9.17) is 10.3 Å². The molecule has 0 unspecified atom stereocenters. The van der Waals surface area contributed by atoms with E-state index < -0.39 is 5.82 Å². The zero-order valence-corrected chi connectivity index (χ0v) is 11.8. The summed E-state index contributed by atoms with van der Waals surface area (Å²) in [5.74, 6) is 0.0418. The minimum absolute atomic E-state index is 0.125. The van der Waals surface area contributed by atoms with Gasteiger partial charge in [-0.1, -0.05) is 21.1 Å². The van der Waals surface area contributed by atoms with Gasteiger partial charge in [0.1, 0.15) is 5.82 Å². The molecule has 0 aliphatic heterocycles. The summed E-state index contributed by atoms with van der Waals surface area (Å²) < 4.78 is 19.8. The van der Waals surface area contributed by atoms with E-state index in [0.717, 1.165) is 10.0 Å². The van der Waals surface area contributed by atoms with E-state index in [0.29, 0.717) is 11.5 Å². The maximum absolute atomic E-state index is 13.8. The van der Waals surface area contributed by atoms with Crippen molar-refractivity contribution in [3.63, 3.8) is 0 Å². The molecular weight excluding hydrogens is 325 g/mol. The van der Waals surface area contributed by atoms with Gasteiger partial charge in [0.25, 0.3) is 5.89 Å². The summed E-state index contributed by atoms with van der Waals surface area (Å²) in [5, 5.41) is 3.86. The van der Waals surface area contributed by atoms with E-state index in [9.17, 15) is 4.39 Å². The number of nitrogen functional groups attached to an aromatic ring is 1. The Hall–Kier alpha value is -2.21. The third-order valence-corrected chi connectivity index (χ3v) is 3.28. The molecule has 0 saturated heterocycles. The summed E-state index contributed by atoms with van der Waals surface area (Å²) in [6.07, 6.45) is 0. The molecule has 0 aliphatic carbocycles. The molecule has 100 valence electrons. The van der Waals surface area contributed by atoms with Crippen molar-refractivity contribution in [2.24, 2.45) is 0 Å². The van der Waals surface area contributed by atoms with Crippen LogP contribution in [0, 0.1) is 5.82 Å². The summed E-state index contributed by atoms with van der Waals surface area (Å²) in [7, 11) is 0. The second kappa shape index (κ2) is 5.05. The van der Waals surface area contributed by atoms with Crippen LogP contribution in [0.25, 0.3) is 22.8 Å². The summed E-state index contributed by atoms with van der Waals surface area (Å²) in [6, 6.07) is 11.8. The highest BCUT2D eigenvalue weighted by Crippen LogP contribution is 2.26. The van der Waals surface area contributed by atoms with Crippen LogP contribution in [0.15, 0.2) is 51.5 Å².